The highest BCUT2D eigenvalue weighted by Crippen LogP contribution is 2.25. The predicted molar refractivity (Wildman–Crippen MR) is 130 cm³/mol. The fraction of sp³-hybridized carbons (Fsp3) is 0.440. The van der Waals surface area contributed by atoms with Gasteiger partial charge in [0.15, 0.2) is 0 Å². The van der Waals surface area contributed by atoms with Crippen molar-refractivity contribution in [2.45, 2.75) is 38.3 Å². The van der Waals surface area contributed by atoms with Gasteiger partial charge in [-0.25, -0.2) is 4.98 Å². The first-order valence-electron chi connectivity index (χ1n) is 11.8. The smallest absolute Gasteiger partial charge is 0.270 e. The van der Waals surface area contributed by atoms with Gasteiger partial charge < -0.3 is 4.74 Å². The maximum absolute atomic E-state index is 13.6. The van der Waals surface area contributed by atoms with Crippen molar-refractivity contribution < 1.29 is 9.66 Å². The van der Waals surface area contributed by atoms with Gasteiger partial charge in [-0.3, -0.25) is 29.3 Å². The number of aromatic nitrogens is 2. The lowest BCUT2D eigenvalue weighted by Gasteiger charge is -2.38. The zero-order valence-electron chi connectivity index (χ0n) is 19.4. The predicted octanol–water partition coefficient (Wildman–Crippen LogP) is 3.36. The number of ether oxygens (including phenoxy) is 1. The van der Waals surface area contributed by atoms with E-state index in [-0.39, 0.29) is 16.6 Å². The largest absolute Gasteiger partial charge is 0.497 e. The molecule has 2 fully saturated rings. The molecule has 0 N–H and O–H groups in total. The standard InChI is InChI=1S/C25H29N5O4/c1-34-21-8-4-7-19(15-21)29-24(17-27-11-13-28(14-12-27)18-5-2-3-6-18)26-23-10-9-20(30(32)33)16-22(23)25(29)31/h4,7-10,15-16,18H,2-3,5-6,11-14,17H2,1H3. The molecule has 1 saturated carbocycles. The molecule has 1 aliphatic heterocycles. The molecule has 1 aromatic heterocycles. The Morgan fingerprint density at radius 3 is 2.56 bits per heavy atom. The zero-order chi connectivity index (χ0) is 23.7. The summed E-state index contributed by atoms with van der Waals surface area (Å²) in [4.78, 5) is 34.2. The van der Waals surface area contributed by atoms with Crippen LogP contribution >= 0.6 is 0 Å². The summed E-state index contributed by atoms with van der Waals surface area (Å²) in [6, 6.07) is 12.2. The fourth-order valence-electron chi connectivity index (χ4n) is 5.21. The number of rotatable bonds is 6. The van der Waals surface area contributed by atoms with Gasteiger partial charge in [0.25, 0.3) is 11.2 Å². The van der Waals surface area contributed by atoms with E-state index in [2.05, 4.69) is 9.80 Å². The van der Waals surface area contributed by atoms with Crippen molar-refractivity contribution in [3.63, 3.8) is 0 Å². The zero-order valence-corrected chi connectivity index (χ0v) is 19.4. The van der Waals surface area contributed by atoms with Crippen LogP contribution in [0.4, 0.5) is 5.69 Å². The number of nitro groups is 1. The van der Waals surface area contributed by atoms with Gasteiger partial charge >= 0.3 is 0 Å². The maximum atomic E-state index is 13.6. The van der Waals surface area contributed by atoms with Crippen LogP contribution in [0.15, 0.2) is 47.3 Å². The number of hydrogen-bond donors (Lipinski definition) is 0. The third-order valence-corrected chi connectivity index (χ3v) is 7.06. The summed E-state index contributed by atoms with van der Waals surface area (Å²) >= 11 is 0. The van der Waals surface area contributed by atoms with Crippen LogP contribution in [0.25, 0.3) is 16.6 Å². The Morgan fingerprint density at radius 1 is 1.09 bits per heavy atom. The van der Waals surface area contributed by atoms with Gasteiger partial charge in [0.05, 0.1) is 35.2 Å². The fourth-order valence-corrected chi connectivity index (χ4v) is 5.21. The molecule has 5 rings (SSSR count). The topological polar surface area (TPSA) is 93.7 Å². The maximum Gasteiger partial charge on any atom is 0.270 e. The molecule has 34 heavy (non-hydrogen) atoms. The summed E-state index contributed by atoms with van der Waals surface area (Å²) in [6.07, 6.45) is 5.26. The van der Waals surface area contributed by atoms with E-state index in [4.69, 9.17) is 9.72 Å². The molecule has 3 aromatic rings. The highest BCUT2D eigenvalue weighted by molar-refractivity contribution is 5.80. The summed E-state index contributed by atoms with van der Waals surface area (Å²) in [5.41, 5.74) is 0.653. The van der Waals surface area contributed by atoms with Crippen LogP contribution in [0.3, 0.4) is 0 Å². The van der Waals surface area contributed by atoms with Crippen molar-refractivity contribution in [3.8, 4) is 11.4 Å². The summed E-state index contributed by atoms with van der Waals surface area (Å²) in [5, 5.41) is 11.5. The van der Waals surface area contributed by atoms with Crippen LogP contribution in [0.2, 0.25) is 0 Å². The highest BCUT2D eigenvalue weighted by atomic mass is 16.6. The molecular weight excluding hydrogens is 434 g/mol. The first-order valence-corrected chi connectivity index (χ1v) is 11.8. The average Bonchev–Trinajstić information content (AvgIpc) is 3.39. The van der Waals surface area contributed by atoms with Crippen molar-refractivity contribution in [2.24, 2.45) is 0 Å². The van der Waals surface area contributed by atoms with Crippen molar-refractivity contribution in [1.29, 1.82) is 0 Å². The van der Waals surface area contributed by atoms with Gasteiger partial charge in [-0.1, -0.05) is 18.9 Å². The molecule has 0 atom stereocenters. The first-order chi connectivity index (χ1) is 16.5. The molecule has 0 bridgehead atoms. The van der Waals surface area contributed by atoms with Crippen molar-refractivity contribution in [3.05, 3.63) is 68.8 Å². The third-order valence-electron chi connectivity index (χ3n) is 7.06. The lowest BCUT2D eigenvalue weighted by molar-refractivity contribution is -0.384. The number of nitrogens with zero attached hydrogens (tertiary/aromatic N) is 5. The number of nitro benzene ring substituents is 1. The van der Waals surface area contributed by atoms with E-state index in [1.807, 2.05) is 18.2 Å². The Hall–Kier alpha value is -3.30. The second-order valence-corrected chi connectivity index (χ2v) is 9.08. The van der Waals surface area contributed by atoms with Gasteiger partial charge in [0.1, 0.15) is 11.6 Å². The molecule has 0 amide bonds. The molecular formula is C25H29N5O4. The SMILES string of the molecule is COc1cccc(-n2c(CN3CCN(C4CCCC4)CC3)nc3ccc([N+](=O)[O-])cc3c2=O)c1. The minimum Gasteiger partial charge on any atom is -0.497 e. The second-order valence-electron chi connectivity index (χ2n) is 9.08. The van der Waals surface area contributed by atoms with Gasteiger partial charge in [-0.15, -0.1) is 0 Å². The van der Waals surface area contributed by atoms with Gasteiger partial charge in [0.2, 0.25) is 0 Å². The van der Waals surface area contributed by atoms with Crippen LogP contribution in [-0.2, 0) is 6.54 Å². The number of fused-ring (bicyclic) bond motifs is 1. The second kappa shape index (κ2) is 9.52. The van der Waals surface area contributed by atoms with E-state index in [0.29, 0.717) is 35.4 Å². The van der Waals surface area contributed by atoms with E-state index in [0.717, 1.165) is 26.2 Å². The molecule has 9 heteroatoms. The van der Waals surface area contributed by atoms with E-state index < -0.39 is 4.92 Å². The molecule has 0 spiro atoms. The molecule has 1 aliphatic carbocycles. The normalized spacial score (nSPS) is 17.9. The molecule has 1 saturated heterocycles. The summed E-state index contributed by atoms with van der Waals surface area (Å²) < 4.78 is 6.93. The van der Waals surface area contributed by atoms with E-state index in [9.17, 15) is 14.9 Å². The van der Waals surface area contributed by atoms with Crippen molar-refractivity contribution in [2.75, 3.05) is 33.3 Å². The third kappa shape index (κ3) is 4.41. The number of piperazine rings is 1. The summed E-state index contributed by atoms with van der Waals surface area (Å²) in [5.74, 6) is 1.24. The lowest BCUT2D eigenvalue weighted by Crippen LogP contribution is -2.49. The Labute approximate surface area is 197 Å². The minimum absolute atomic E-state index is 0.126. The van der Waals surface area contributed by atoms with Crippen LogP contribution in [0.1, 0.15) is 31.5 Å². The van der Waals surface area contributed by atoms with E-state index in [1.54, 1.807) is 23.8 Å². The highest BCUT2D eigenvalue weighted by Gasteiger charge is 2.27. The van der Waals surface area contributed by atoms with Crippen LogP contribution in [-0.4, -0.2) is 63.6 Å². The Balaban J connectivity index is 1.51. The number of methoxy groups -OCH3 is 1. The quantitative estimate of drug-likeness (QED) is 0.409. The summed E-state index contributed by atoms with van der Waals surface area (Å²) in [6.45, 7) is 4.41. The van der Waals surface area contributed by atoms with Gasteiger partial charge in [-0.05, 0) is 31.0 Å². The molecule has 0 unspecified atom stereocenters. The minimum atomic E-state index is -0.494. The van der Waals surface area contributed by atoms with Crippen LogP contribution in [0.5, 0.6) is 5.75 Å². The van der Waals surface area contributed by atoms with Gasteiger partial charge in [0, 0.05) is 50.4 Å². The van der Waals surface area contributed by atoms with E-state index in [1.165, 1.54) is 37.8 Å². The Bertz CT molecular complexity index is 1260. The van der Waals surface area contributed by atoms with Crippen molar-refractivity contribution >= 4 is 16.6 Å². The van der Waals surface area contributed by atoms with Crippen LogP contribution < -0.4 is 10.3 Å². The lowest BCUT2D eigenvalue weighted by atomic mass is 10.1. The Kier molecular flexibility index (Phi) is 6.30. The van der Waals surface area contributed by atoms with E-state index >= 15 is 0 Å². The average molecular weight is 464 g/mol. The Morgan fingerprint density at radius 2 is 1.85 bits per heavy atom. The number of hydrogen-bond acceptors (Lipinski definition) is 7. The monoisotopic (exact) mass is 463 g/mol. The number of non-ortho nitro benzene ring substituents is 1. The first kappa shape index (κ1) is 22.5. The number of benzene rings is 2. The molecule has 2 aromatic carbocycles. The molecule has 2 heterocycles. The van der Waals surface area contributed by atoms with Crippen molar-refractivity contribution in [1.82, 2.24) is 19.4 Å². The molecule has 0 radical (unpaired) electrons. The molecule has 9 nitrogen and oxygen atoms in total. The van der Waals surface area contributed by atoms with Crippen LogP contribution in [0, 0.1) is 10.1 Å². The molecule has 178 valence electrons. The molecule has 2 aliphatic rings. The summed E-state index contributed by atoms with van der Waals surface area (Å²) in [7, 11) is 1.58. The van der Waals surface area contributed by atoms with Gasteiger partial charge in [-0.2, -0.15) is 0 Å².